The third kappa shape index (κ3) is 3.12. The van der Waals surface area contributed by atoms with Crippen LogP contribution in [0, 0.1) is 5.82 Å². The van der Waals surface area contributed by atoms with Crippen molar-refractivity contribution in [2.24, 2.45) is 0 Å². The standard InChI is InChI=1S/C19H17ClFNO3/c20-16-14(7-4-8-15(16)21)17(23)22-11-9-19(10-12-22,18(24)25)13-5-2-1-3-6-13/h1-8H,9-12H2,(H,24,25). The number of benzene rings is 2. The van der Waals surface area contributed by atoms with Crippen molar-refractivity contribution in [3.63, 3.8) is 0 Å². The Hall–Kier alpha value is -2.40. The minimum atomic E-state index is -1.01. The molecule has 1 amide bonds. The molecule has 3 rings (SSSR count). The number of nitrogens with zero attached hydrogens (tertiary/aromatic N) is 1. The lowest BCUT2D eigenvalue weighted by molar-refractivity contribution is -0.145. The van der Waals surface area contributed by atoms with Crippen LogP contribution < -0.4 is 0 Å². The molecule has 4 nitrogen and oxygen atoms in total. The number of hydrogen-bond acceptors (Lipinski definition) is 2. The summed E-state index contributed by atoms with van der Waals surface area (Å²) in [5, 5.41) is 9.59. The third-order valence-electron chi connectivity index (χ3n) is 4.82. The lowest BCUT2D eigenvalue weighted by atomic mass is 9.73. The largest absolute Gasteiger partial charge is 0.481 e. The first-order chi connectivity index (χ1) is 12.0. The maximum absolute atomic E-state index is 13.6. The number of piperidine rings is 1. The Morgan fingerprint density at radius 3 is 2.28 bits per heavy atom. The fourth-order valence-electron chi connectivity index (χ4n) is 3.31. The Labute approximate surface area is 149 Å². The Morgan fingerprint density at radius 2 is 1.68 bits per heavy atom. The van der Waals surface area contributed by atoms with E-state index in [1.807, 2.05) is 18.2 Å². The van der Waals surface area contributed by atoms with Crippen LogP contribution in [0.2, 0.25) is 5.02 Å². The molecule has 1 aliphatic rings. The molecular formula is C19H17ClFNO3. The lowest BCUT2D eigenvalue weighted by Crippen LogP contribution is -2.49. The van der Waals surface area contributed by atoms with Gasteiger partial charge in [0, 0.05) is 13.1 Å². The molecule has 2 aromatic carbocycles. The molecule has 1 aliphatic heterocycles. The van der Waals surface area contributed by atoms with Gasteiger partial charge in [-0.2, -0.15) is 0 Å². The highest BCUT2D eigenvalue weighted by molar-refractivity contribution is 6.34. The molecule has 0 radical (unpaired) electrons. The summed E-state index contributed by atoms with van der Waals surface area (Å²) in [4.78, 5) is 26.1. The summed E-state index contributed by atoms with van der Waals surface area (Å²) >= 11 is 5.89. The molecule has 1 saturated heterocycles. The summed E-state index contributed by atoms with van der Waals surface area (Å²) < 4.78 is 13.6. The summed E-state index contributed by atoms with van der Waals surface area (Å²) in [6.45, 7) is 0.541. The van der Waals surface area contributed by atoms with Crippen LogP contribution >= 0.6 is 11.6 Å². The van der Waals surface area contributed by atoms with Crippen molar-refractivity contribution in [3.05, 3.63) is 70.5 Å². The van der Waals surface area contributed by atoms with Gasteiger partial charge in [0.25, 0.3) is 5.91 Å². The van der Waals surface area contributed by atoms with Crippen molar-refractivity contribution in [3.8, 4) is 0 Å². The van der Waals surface area contributed by atoms with Crippen LogP contribution in [0.15, 0.2) is 48.5 Å². The number of carbonyl (C=O) groups excluding carboxylic acids is 1. The van der Waals surface area contributed by atoms with Gasteiger partial charge in [-0.3, -0.25) is 9.59 Å². The van der Waals surface area contributed by atoms with Crippen LogP contribution in [-0.4, -0.2) is 35.0 Å². The second kappa shape index (κ2) is 6.84. The van der Waals surface area contributed by atoms with E-state index in [1.165, 1.54) is 23.1 Å². The number of aliphatic carboxylic acids is 1. The van der Waals surface area contributed by atoms with Gasteiger partial charge in [-0.05, 0) is 30.5 Å². The van der Waals surface area contributed by atoms with Gasteiger partial charge in [0.15, 0.2) is 0 Å². The van der Waals surface area contributed by atoms with E-state index in [1.54, 1.807) is 12.1 Å². The van der Waals surface area contributed by atoms with Crippen molar-refractivity contribution in [1.29, 1.82) is 0 Å². The molecular weight excluding hydrogens is 345 g/mol. The van der Waals surface area contributed by atoms with E-state index in [0.717, 1.165) is 5.56 Å². The zero-order valence-electron chi connectivity index (χ0n) is 13.4. The van der Waals surface area contributed by atoms with Crippen LogP contribution in [-0.2, 0) is 10.2 Å². The molecule has 0 aromatic heterocycles. The molecule has 0 bridgehead atoms. The molecule has 0 aliphatic carbocycles. The Morgan fingerprint density at radius 1 is 1.04 bits per heavy atom. The molecule has 0 saturated carbocycles. The van der Waals surface area contributed by atoms with E-state index >= 15 is 0 Å². The van der Waals surface area contributed by atoms with Crippen LogP contribution in [0.1, 0.15) is 28.8 Å². The smallest absolute Gasteiger partial charge is 0.314 e. The number of rotatable bonds is 3. The average molecular weight is 362 g/mol. The number of carbonyl (C=O) groups is 2. The van der Waals surface area contributed by atoms with E-state index < -0.39 is 17.2 Å². The monoisotopic (exact) mass is 361 g/mol. The van der Waals surface area contributed by atoms with Gasteiger partial charge in [-0.25, -0.2) is 4.39 Å². The molecule has 0 spiro atoms. The van der Waals surface area contributed by atoms with E-state index in [9.17, 15) is 19.1 Å². The number of hydrogen-bond donors (Lipinski definition) is 1. The number of amides is 1. The van der Waals surface area contributed by atoms with E-state index in [-0.39, 0.29) is 29.6 Å². The van der Waals surface area contributed by atoms with Crippen molar-refractivity contribution >= 4 is 23.5 Å². The van der Waals surface area contributed by atoms with Crippen molar-refractivity contribution in [2.45, 2.75) is 18.3 Å². The molecule has 130 valence electrons. The van der Waals surface area contributed by atoms with Gasteiger partial charge in [-0.15, -0.1) is 0 Å². The van der Waals surface area contributed by atoms with Crippen LogP contribution in [0.3, 0.4) is 0 Å². The number of carboxylic acid groups (broad SMARTS) is 1. The summed E-state index contributed by atoms with van der Waals surface area (Å²) in [7, 11) is 0. The molecule has 25 heavy (non-hydrogen) atoms. The number of likely N-dealkylation sites (tertiary alicyclic amines) is 1. The van der Waals surface area contributed by atoms with Crippen molar-refractivity contribution in [2.75, 3.05) is 13.1 Å². The quantitative estimate of drug-likeness (QED) is 0.906. The SMILES string of the molecule is O=C(c1cccc(F)c1Cl)N1CCC(C(=O)O)(c2ccccc2)CC1. The zero-order valence-corrected chi connectivity index (χ0v) is 14.2. The molecule has 2 aromatic rings. The molecule has 6 heteroatoms. The molecule has 1 fully saturated rings. The second-order valence-electron chi connectivity index (χ2n) is 6.15. The van der Waals surface area contributed by atoms with Crippen LogP contribution in [0.5, 0.6) is 0 Å². The Kier molecular flexibility index (Phi) is 4.77. The van der Waals surface area contributed by atoms with Gasteiger partial charge < -0.3 is 10.0 Å². The lowest BCUT2D eigenvalue weighted by Gasteiger charge is -2.39. The highest BCUT2D eigenvalue weighted by atomic mass is 35.5. The van der Waals surface area contributed by atoms with Gasteiger partial charge in [0.1, 0.15) is 5.82 Å². The van der Waals surface area contributed by atoms with Crippen LogP contribution in [0.25, 0.3) is 0 Å². The maximum Gasteiger partial charge on any atom is 0.314 e. The third-order valence-corrected chi connectivity index (χ3v) is 5.21. The van der Waals surface area contributed by atoms with E-state index in [2.05, 4.69) is 0 Å². The summed E-state index contributed by atoms with van der Waals surface area (Å²) in [6.07, 6.45) is 0.593. The number of carboxylic acids is 1. The topological polar surface area (TPSA) is 57.6 Å². The van der Waals surface area contributed by atoms with E-state index in [0.29, 0.717) is 12.8 Å². The number of halogens is 2. The normalized spacial score (nSPS) is 16.5. The fourth-order valence-corrected chi connectivity index (χ4v) is 3.52. The first-order valence-corrected chi connectivity index (χ1v) is 8.36. The minimum Gasteiger partial charge on any atom is -0.481 e. The molecule has 0 atom stereocenters. The fraction of sp³-hybridized carbons (Fsp3) is 0.263. The van der Waals surface area contributed by atoms with E-state index in [4.69, 9.17) is 11.6 Å². The predicted molar refractivity (Wildman–Crippen MR) is 92.3 cm³/mol. The van der Waals surface area contributed by atoms with Crippen molar-refractivity contribution < 1.29 is 19.1 Å². The highest BCUT2D eigenvalue weighted by Crippen LogP contribution is 2.36. The maximum atomic E-state index is 13.6. The Bertz CT molecular complexity index is 802. The predicted octanol–water partition coefficient (Wildman–Crippen LogP) is 3.74. The minimum absolute atomic E-state index is 0.101. The van der Waals surface area contributed by atoms with Crippen molar-refractivity contribution in [1.82, 2.24) is 4.90 Å². The first kappa shape index (κ1) is 17.4. The second-order valence-corrected chi connectivity index (χ2v) is 6.52. The summed E-state index contributed by atoms with van der Waals surface area (Å²) in [5.41, 5.74) is -0.174. The van der Waals surface area contributed by atoms with Gasteiger partial charge in [0.05, 0.1) is 16.0 Å². The van der Waals surface area contributed by atoms with Gasteiger partial charge in [0.2, 0.25) is 0 Å². The molecule has 1 heterocycles. The first-order valence-electron chi connectivity index (χ1n) is 7.98. The van der Waals surface area contributed by atoms with Gasteiger partial charge in [-0.1, -0.05) is 48.0 Å². The zero-order chi connectivity index (χ0) is 18.0. The highest BCUT2D eigenvalue weighted by Gasteiger charge is 2.44. The molecule has 1 N–H and O–H groups in total. The Balaban J connectivity index is 1.82. The summed E-state index contributed by atoms with van der Waals surface area (Å²) in [5.74, 6) is -1.92. The average Bonchev–Trinajstić information content (AvgIpc) is 2.64. The van der Waals surface area contributed by atoms with Crippen LogP contribution in [0.4, 0.5) is 4.39 Å². The summed E-state index contributed by atoms with van der Waals surface area (Å²) in [6, 6.07) is 13.2. The molecule has 0 unspecified atom stereocenters. The van der Waals surface area contributed by atoms with Gasteiger partial charge >= 0.3 is 5.97 Å².